The number of nitrogens with one attached hydrogen (secondary N) is 2. The third-order valence-electron chi connectivity index (χ3n) is 5.67. The minimum Gasteiger partial charge on any atom is -0.467 e. The van der Waals surface area contributed by atoms with Crippen LogP contribution in [0.5, 0.6) is 6.01 Å². The van der Waals surface area contributed by atoms with Crippen LogP contribution in [0.2, 0.25) is 0 Å². The zero-order valence-electron chi connectivity index (χ0n) is 19.7. The zero-order chi connectivity index (χ0) is 27.9. The van der Waals surface area contributed by atoms with Crippen molar-refractivity contribution in [1.82, 2.24) is 19.9 Å². The van der Waals surface area contributed by atoms with Crippen molar-refractivity contribution in [3.8, 4) is 17.1 Å². The van der Waals surface area contributed by atoms with Gasteiger partial charge in [0.05, 0.1) is 18.4 Å². The first-order chi connectivity index (χ1) is 18.6. The molecule has 39 heavy (non-hydrogen) atoms. The number of hydrogen-bond acceptors (Lipinski definition) is 7. The lowest BCUT2D eigenvalue weighted by Crippen LogP contribution is -2.18. The summed E-state index contributed by atoms with van der Waals surface area (Å²) in [4.78, 5) is 26.9. The Kier molecular flexibility index (Phi) is 6.48. The standard InChI is InChI=1S/C25H15F4N5O4S/c1-38-25-32-9-13(10-33-25)12-7-14-15(11-31-24(14)30-8-12)22(35)20-16(26)5-6-19(21(20)29)34-39(36,37)23-17(27)3-2-4-18(23)28/h2-11,34H,1H3,(H,30,31). The average Bonchev–Trinajstić information content (AvgIpc) is 3.33. The van der Waals surface area contributed by atoms with Crippen LogP contribution < -0.4 is 9.46 Å². The van der Waals surface area contributed by atoms with E-state index in [0.29, 0.717) is 35.4 Å². The molecule has 0 fully saturated rings. The molecule has 2 aromatic carbocycles. The summed E-state index contributed by atoms with van der Waals surface area (Å²) in [6.07, 6.45) is 5.57. The van der Waals surface area contributed by atoms with Crippen LogP contribution in [0.4, 0.5) is 23.2 Å². The van der Waals surface area contributed by atoms with Gasteiger partial charge in [0, 0.05) is 46.9 Å². The molecule has 14 heteroatoms. The number of fused-ring (bicyclic) bond motifs is 1. The van der Waals surface area contributed by atoms with Gasteiger partial charge in [-0.2, -0.15) is 0 Å². The zero-order valence-corrected chi connectivity index (χ0v) is 20.5. The number of pyridine rings is 1. The van der Waals surface area contributed by atoms with E-state index in [9.17, 15) is 26.4 Å². The lowest BCUT2D eigenvalue weighted by molar-refractivity contribution is 0.103. The number of H-pyrrole nitrogens is 1. The van der Waals surface area contributed by atoms with Crippen LogP contribution in [0.3, 0.4) is 0 Å². The Bertz CT molecular complexity index is 1840. The second-order valence-corrected chi connectivity index (χ2v) is 9.67. The maximum Gasteiger partial charge on any atom is 0.316 e. The lowest BCUT2D eigenvalue weighted by atomic mass is 10.0. The number of carbonyl (C=O) groups excluding carboxylic acids is 1. The van der Waals surface area contributed by atoms with Gasteiger partial charge in [0.1, 0.15) is 23.1 Å². The number of rotatable bonds is 7. The second-order valence-electron chi connectivity index (χ2n) is 8.05. The highest BCUT2D eigenvalue weighted by Crippen LogP contribution is 2.30. The van der Waals surface area contributed by atoms with Gasteiger partial charge in [-0.15, -0.1) is 0 Å². The van der Waals surface area contributed by atoms with Crippen molar-refractivity contribution in [1.29, 1.82) is 0 Å². The van der Waals surface area contributed by atoms with E-state index >= 15 is 4.39 Å². The van der Waals surface area contributed by atoms with Crippen LogP contribution >= 0.6 is 0 Å². The van der Waals surface area contributed by atoms with Gasteiger partial charge in [0.15, 0.2) is 10.7 Å². The fourth-order valence-corrected chi connectivity index (χ4v) is 5.03. The highest BCUT2D eigenvalue weighted by atomic mass is 32.2. The summed E-state index contributed by atoms with van der Waals surface area (Å²) < 4.78 is 90.1. The number of benzene rings is 2. The molecule has 0 aliphatic rings. The molecule has 0 spiro atoms. The summed E-state index contributed by atoms with van der Waals surface area (Å²) in [5.41, 5.74) is -0.942. The maximum absolute atomic E-state index is 15.4. The van der Waals surface area contributed by atoms with Crippen molar-refractivity contribution in [2.24, 2.45) is 0 Å². The Morgan fingerprint density at radius 2 is 1.59 bits per heavy atom. The van der Waals surface area contributed by atoms with Crippen LogP contribution in [0.15, 0.2) is 66.1 Å². The number of methoxy groups -OCH3 is 1. The molecule has 0 aliphatic heterocycles. The number of halogens is 4. The summed E-state index contributed by atoms with van der Waals surface area (Å²) in [6.45, 7) is 0. The maximum atomic E-state index is 15.4. The molecule has 0 amide bonds. The van der Waals surface area contributed by atoms with Crippen molar-refractivity contribution in [2.45, 2.75) is 4.90 Å². The van der Waals surface area contributed by atoms with Crippen molar-refractivity contribution in [3.05, 3.63) is 95.6 Å². The topological polar surface area (TPSA) is 127 Å². The molecule has 198 valence electrons. The number of hydrogen-bond donors (Lipinski definition) is 2. The van der Waals surface area contributed by atoms with Gasteiger partial charge < -0.3 is 9.72 Å². The minimum absolute atomic E-state index is 0.129. The Morgan fingerprint density at radius 3 is 2.26 bits per heavy atom. The Morgan fingerprint density at radius 1 is 0.923 bits per heavy atom. The first-order valence-corrected chi connectivity index (χ1v) is 12.4. The largest absolute Gasteiger partial charge is 0.467 e. The van der Waals surface area contributed by atoms with Gasteiger partial charge >= 0.3 is 6.01 Å². The van der Waals surface area contributed by atoms with Crippen molar-refractivity contribution in [3.63, 3.8) is 0 Å². The second kappa shape index (κ2) is 9.79. The highest BCUT2D eigenvalue weighted by Gasteiger charge is 2.29. The molecule has 5 rings (SSSR count). The molecule has 3 aromatic heterocycles. The lowest BCUT2D eigenvalue weighted by Gasteiger charge is -2.13. The van der Waals surface area contributed by atoms with E-state index in [0.717, 1.165) is 6.07 Å². The Balaban J connectivity index is 1.55. The number of ketones is 1. The molecule has 0 saturated heterocycles. The summed E-state index contributed by atoms with van der Waals surface area (Å²) in [5, 5.41) is 0.200. The van der Waals surface area contributed by atoms with E-state index in [2.05, 4.69) is 19.9 Å². The number of aromatic amines is 1. The van der Waals surface area contributed by atoms with E-state index in [1.165, 1.54) is 38.0 Å². The van der Waals surface area contributed by atoms with Gasteiger partial charge in [-0.1, -0.05) is 6.07 Å². The Hall–Kier alpha value is -4.85. The van der Waals surface area contributed by atoms with E-state index in [1.54, 1.807) is 4.72 Å². The number of nitrogens with zero attached hydrogens (tertiary/aromatic N) is 3. The van der Waals surface area contributed by atoms with E-state index in [1.807, 2.05) is 0 Å². The first kappa shape index (κ1) is 25.8. The van der Waals surface area contributed by atoms with Crippen LogP contribution in [0.25, 0.3) is 22.2 Å². The fourth-order valence-electron chi connectivity index (χ4n) is 3.83. The molecule has 0 atom stereocenters. The number of ether oxygens (including phenoxy) is 1. The van der Waals surface area contributed by atoms with Crippen LogP contribution in [0, 0.1) is 23.3 Å². The third-order valence-corrected chi connectivity index (χ3v) is 7.09. The van der Waals surface area contributed by atoms with Crippen LogP contribution in [-0.4, -0.2) is 41.2 Å². The predicted molar refractivity (Wildman–Crippen MR) is 131 cm³/mol. The normalized spacial score (nSPS) is 11.5. The molecule has 5 aromatic rings. The predicted octanol–water partition coefficient (Wildman–Crippen LogP) is 4.62. The van der Waals surface area contributed by atoms with Gasteiger partial charge in [0.2, 0.25) is 5.78 Å². The molecule has 0 unspecified atom stereocenters. The third kappa shape index (κ3) is 4.65. The molecule has 0 aliphatic carbocycles. The first-order valence-electron chi connectivity index (χ1n) is 10.9. The molecular formula is C25H15F4N5O4S. The van der Waals surface area contributed by atoms with Gasteiger partial charge in [0.25, 0.3) is 10.0 Å². The number of carbonyl (C=O) groups is 1. The van der Waals surface area contributed by atoms with Gasteiger partial charge in [-0.25, -0.2) is 40.9 Å². The summed E-state index contributed by atoms with van der Waals surface area (Å²) in [7, 11) is -3.59. The molecule has 3 heterocycles. The smallest absolute Gasteiger partial charge is 0.316 e. The van der Waals surface area contributed by atoms with Gasteiger partial charge in [-0.3, -0.25) is 9.52 Å². The highest BCUT2D eigenvalue weighted by molar-refractivity contribution is 7.92. The van der Waals surface area contributed by atoms with E-state index < -0.39 is 55.2 Å². The molecule has 0 bridgehead atoms. The summed E-state index contributed by atoms with van der Waals surface area (Å²) >= 11 is 0. The fraction of sp³-hybridized carbons (Fsp3) is 0.0400. The molecule has 2 N–H and O–H groups in total. The summed E-state index contributed by atoms with van der Waals surface area (Å²) in [5.74, 6) is -6.86. The number of anilines is 1. The molecular weight excluding hydrogens is 542 g/mol. The summed E-state index contributed by atoms with van der Waals surface area (Å²) in [6, 6.07) is 5.35. The van der Waals surface area contributed by atoms with Crippen LogP contribution in [0.1, 0.15) is 15.9 Å². The van der Waals surface area contributed by atoms with Crippen LogP contribution in [-0.2, 0) is 10.0 Å². The van der Waals surface area contributed by atoms with Crippen molar-refractivity contribution >= 4 is 32.5 Å². The van der Waals surface area contributed by atoms with Crippen molar-refractivity contribution < 1.29 is 35.5 Å². The quantitative estimate of drug-likeness (QED) is 0.221. The molecule has 0 saturated carbocycles. The van der Waals surface area contributed by atoms with Crippen molar-refractivity contribution in [2.75, 3.05) is 11.8 Å². The molecule has 0 radical (unpaired) electrons. The van der Waals surface area contributed by atoms with E-state index in [4.69, 9.17) is 4.74 Å². The average molecular weight is 557 g/mol. The monoisotopic (exact) mass is 557 g/mol. The van der Waals surface area contributed by atoms with E-state index in [-0.39, 0.29) is 22.6 Å². The minimum atomic E-state index is -4.99. The molecule has 9 nitrogen and oxygen atoms in total. The van der Waals surface area contributed by atoms with Gasteiger partial charge in [-0.05, 0) is 30.3 Å². The number of sulfonamides is 1. The Labute approximate surface area is 217 Å². The number of aromatic nitrogens is 4. The SMILES string of the molecule is COc1ncc(-c2cnc3[nH]cc(C(=O)c4c(F)ccc(NS(=O)(=O)c5c(F)cccc5F)c4F)c3c2)cn1.